The van der Waals surface area contributed by atoms with Gasteiger partial charge in [0.2, 0.25) is 0 Å². The van der Waals surface area contributed by atoms with Gasteiger partial charge in [-0.3, -0.25) is 4.79 Å². The molecule has 2 aromatic heterocycles. The molecule has 7 nitrogen and oxygen atoms in total. The second-order valence-electron chi connectivity index (χ2n) is 8.00. The number of carbonyl (C=O) groups excluding carboxylic acids is 1. The van der Waals surface area contributed by atoms with Gasteiger partial charge in [0.15, 0.2) is 0 Å². The number of thiazole rings is 1. The number of hydrogen-bond donors (Lipinski definition) is 1. The molecule has 2 aliphatic rings. The summed E-state index contributed by atoms with van der Waals surface area (Å²) in [7, 11) is 0. The van der Waals surface area contributed by atoms with Crippen molar-refractivity contribution in [3.05, 3.63) is 64.6 Å². The van der Waals surface area contributed by atoms with E-state index in [0.717, 1.165) is 17.8 Å². The van der Waals surface area contributed by atoms with Gasteiger partial charge in [0.05, 0.1) is 17.2 Å². The van der Waals surface area contributed by atoms with Crippen LogP contribution >= 0.6 is 11.3 Å². The van der Waals surface area contributed by atoms with Crippen LogP contribution in [0.15, 0.2) is 48.4 Å². The molecule has 3 aromatic rings. The molecule has 2 fully saturated rings. The highest BCUT2D eigenvalue weighted by Crippen LogP contribution is 2.41. The van der Waals surface area contributed by atoms with Crippen molar-refractivity contribution in [2.45, 2.75) is 31.4 Å². The molecule has 3 heterocycles. The van der Waals surface area contributed by atoms with Crippen molar-refractivity contribution in [2.24, 2.45) is 11.8 Å². The third-order valence-corrected chi connectivity index (χ3v) is 6.99. The summed E-state index contributed by atoms with van der Waals surface area (Å²) < 4.78 is 1.75. The van der Waals surface area contributed by atoms with Crippen LogP contribution in [-0.4, -0.2) is 54.9 Å². The lowest BCUT2D eigenvalue weighted by atomic mass is 9.77. The fourth-order valence-corrected chi connectivity index (χ4v) is 5.47. The number of aliphatic hydroxyl groups is 1. The van der Waals surface area contributed by atoms with E-state index in [1.165, 1.54) is 23.2 Å². The monoisotopic (exact) mass is 409 g/mol. The van der Waals surface area contributed by atoms with Gasteiger partial charge in [-0.25, -0.2) is 14.6 Å². The maximum absolute atomic E-state index is 13.0. The molecule has 8 heteroatoms. The molecule has 150 valence electrons. The van der Waals surface area contributed by atoms with Crippen molar-refractivity contribution >= 4 is 17.2 Å². The number of carbonyl (C=O) groups is 1. The highest BCUT2D eigenvalue weighted by atomic mass is 32.1. The summed E-state index contributed by atoms with van der Waals surface area (Å²) in [5.41, 5.74) is 1.73. The first-order chi connectivity index (χ1) is 14.2. The maximum Gasteiger partial charge on any atom is 0.273 e. The summed E-state index contributed by atoms with van der Waals surface area (Å²) in [6.07, 6.45) is 4.96. The topological polar surface area (TPSA) is 84.1 Å². The molecular formula is C21H23N5O2S. The minimum Gasteiger partial charge on any atom is -0.391 e. The number of benzene rings is 1. The number of hydrogen-bond acceptors (Lipinski definition) is 6. The molecule has 1 amide bonds. The van der Waals surface area contributed by atoms with E-state index in [1.54, 1.807) is 11.0 Å². The molecule has 1 aliphatic carbocycles. The Hall–Kier alpha value is -2.58. The number of aromatic nitrogens is 4. The Morgan fingerprint density at radius 1 is 1.17 bits per heavy atom. The van der Waals surface area contributed by atoms with Crippen molar-refractivity contribution in [3.8, 4) is 0 Å². The maximum atomic E-state index is 13.0. The first-order valence-electron chi connectivity index (χ1n) is 9.97. The van der Waals surface area contributed by atoms with E-state index in [-0.39, 0.29) is 11.9 Å². The molecular weight excluding hydrogens is 386 g/mol. The van der Waals surface area contributed by atoms with Gasteiger partial charge in [0, 0.05) is 24.9 Å². The van der Waals surface area contributed by atoms with E-state index in [2.05, 4.69) is 27.2 Å². The van der Waals surface area contributed by atoms with Crippen molar-refractivity contribution in [1.29, 1.82) is 0 Å². The highest BCUT2D eigenvalue weighted by molar-refractivity contribution is 7.09. The van der Waals surface area contributed by atoms with Crippen LogP contribution in [0.4, 0.5) is 0 Å². The smallest absolute Gasteiger partial charge is 0.273 e. The zero-order valence-corrected chi connectivity index (χ0v) is 16.8. The van der Waals surface area contributed by atoms with E-state index in [0.29, 0.717) is 37.0 Å². The number of fused-ring (bicyclic) bond motifs is 1. The van der Waals surface area contributed by atoms with Crippen molar-refractivity contribution < 1.29 is 9.90 Å². The van der Waals surface area contributed by atoms with Crippen LogP contribution in [0.1, 0.15) is 39.9 Å². The molecule has 1 saturated carbocycles. The minimum atomic E-state index is -0.454. The molecule has 0 spiro atoms. The molecule has 1 aliphatic heterocycles. The first-order valence-corrected chi connectivity index (χ1v) is 10.8. The largest absolute Gasteiger partial charge is 0.391 e. The van der Waals surface area contributed by atoms with E-state index in [9.17, 15) is 9.90 Å². The van der Waals surface area contributed by atoms with Crippen molar-refractivity contribution in [3.63, 3.8) is 0 Å². The van der Waals surface area contributed by atoms with Gasteiger partial charge in [0.25, 0.3) is 5.91 Å². The summed E-state index contributed by atoms with van der Waals surface area (Å²) in [5, 5.41) is 17.6. The number of amides is 1. The molecule has 1 N–H and O–H groups in total. The normalized spacial score (nSPS) is 26.4. The Kier molecular flexibility index (Phi) is 4.89. The van der Waals surface area contributed by atoms with Crippen LogP contribution in [0.2, 0.25) is 0 Å². The lowest BCUT2D eigenvalue weighted by molar-refractivity contribution is 0.0304. The van der Waals surface area contributed by atoms with E-state index >= 15 is 0 Å². The minimum absolute atomic E-state index is 0.00163. The van der Waals surface area contributed by atoms with E-state index in [4.69, 9.17) is 0 Å². The average Bonchev–Trinajstić information content (AvgIpc) is 3.48. The van der Waals surface area contributed by atoms with Crippen LogP contribution in [-0.2, 0) is 6.42 Å². The van der Waals surface area contributed by atoms with Crippen LogP contribution in [0, 0.1) is 11.8 Å². The van der Waals surface area contributed by atoms with Gasteiger partial charge in [0.1, 0.15) is 18.3 Å². The fourth-order valence-electron chi connectivity index (χ4n) is 4.67. The quantitative estimate of drug-likeness (QED) is 0.715. The Morgan fingerprint density at radius 3 is 2.72 bits per heavy atom. The molecule has 0 unspecified atom stereocenters. The van der Waals surface area contributed by atoms with E-state index < -0.39 is 6.10 Å². The zero-order chi connectivity index (χ0) is 19.8. The second-order valence-corrected chi connectivity index (χ2v) is 8.94. The van der Waals surface area contributed by atoms with Crippen LogP contribution in [0.3, 0.4) is 0 Å². The Bertz CT molecular complexity index is 974. The third kappa shape index (κ3) is 3.70. The molecule has 0 bridgehead atoms. The van der Waals surface area contributed by atoms with Crippen LogP contribution in [0.5, 0.6) is 0 Å². The number of aliphatic hydroxyl groups excluding tert-OH is 1. The second kappa shape index (κ2) is 7.68. The summed E-state index contributed by atoms with van der Waals surface area (Å²) in [6, 6.07) is 10.1. The summed E-state index contributed by atoms with van der Waals surface area (Å²) in [6.45, 7) is 1.41. The average molecular weight is 410 g/mol. The Balaban J connectivity index is 1.25. The molecule has 4 atom stereocenters. The molecule has 5 rings (SSSR count). The Morgan fingerprint density at radius 2 is 1.97 bits per heavy atom. The first kappa shape index (κ1) is 18.4. The molecule has 1 aromatic carbocycles. The molecule has 0 radical (unpaired) electrons. The Labute approximate surface area is 173 Å². The van der Waals surface area contributed by atoms with Crippen molar-refractivity contribution in [1.82, 2.24) is 24.6 Å². The number of rotatable bonds is 4. The van der Waals surface area contributed by atoms with Gasteiger partial charge < -0.3 is 10.0 Å². The predicted octanol–water partition coefficient (Wildman–Crippen LogP) is 2.41. The van der Waals surface area contributed by atoms with Gasteiger partial charge in [-0.2, -0.15) is 5.10 Å². The fraction of sp³-hybridized carbons (Fsp3) is 0.429. The van der Waals surface area contributed by atoms with Crippen LogP contribution in [0.25, 0.3) is 0 Å². The van der Waals surface area contributed by atoms with Gasteiger partial charge in [-0.05, 0) is 30.2 Å². The zero-order valence-electron chi connectivity index (χ0n) is 16.0. The van der Waals surface area contributed by atoms with Gasteiger partial charge in [-0.1, -0.05) is 30.3 Å². The lowest BCUT2D eigenvalue weighted by Gasteiger charge is -2.34. The summed E-state index contributed by atoms with van der Waals surface area (Å²) >= 11 is 1.54. The predicted molar refractivity (Wildman–Crippen MR) is 109 cm³/mol. The number of nitrogens with zero attached hydrogens (tertiary/aromatic N) is 5. The van der Waals surface area contributed by atoms with Crippen LogP contribution < -0.4 is 0 Å². The molecule has 29 heavy (non-hydrogen) atoms. The van der Waals surface area contributed by atoms with E-state index in [1.807, 2.05) is 28.5 Å². The summed E-state index contributed by atoms with van der Waals surface area (Å²) in [5.74, 6) is 0.705. The highest BCUT2D eigenvalue weighted by Gasteiger charge is 2.44. The van der Waals surface area contributed by atoms with Gasteiger partial charge >= 0.3 is 0 Å². The molecule has 1 saturated heterocycles. The number of likely N-dealkylation sites (tertiary alicyclic amines) is 1. The lowest BCUT2D eigenvalue weighted by Crippen LogP contribution is -2.36. The third-order valence-electron chi connectivity index (χ3n) is 6.14. The van der Waals surface area contributed by atoms with Crippen molar-refractivity contribution in [2.75, 3.05) is 13.1 Å². The SMILES string of the molecule is O=C(c1csc(Cc2ccccc2)n1)N1C[C@H]2C[C@@H](n3cncn3)[C@H](O)C[C@H]2C1. The standard InChI is InChI=1S/C21H23N5O2S/c27-19-8-16-10-25(9-15(16)7-18(19)26-13-22-12-23-26)21(28)17-11-29-20(24-17)6-14-4-2-1-3-5-14/h1-5,11-13,15-16,18-19,27H,6-10H2/t15-,16+,18-,19-/m1/s1. The summed E-state index contributed by atoms with van der Waals surface area (Å²) in [4.78, 5) is 23.5. The van der Waals surface area contributed by atoms with Gasteiger partial charge in [-0.15, -0.1) is 11.3 Å².